The minimum Gasteiger partial charge on any atom is -0.377 e. The van der Waals surface area contributed by atoms with E-state index in [4.69, 9.17) is 18.5 Å². The average molecular weight is 511 g/mol. The van der Waals surface area contributed by atoms with Crippen LogP contribution < -0.4 is 0 Å². The number of unbranched alkanes of at least 4 members (excludes halogenated alkanes) is 11. The lowest BCUT2D eigenvalue weighted by Gasteiger charge is -2.24. The zero-order chi connectivity index (χ0) is 25.7. The number of methoxy groups -OCH3 is 1. The molecule has 0 aromatic rings. The first kappa shape index (κ1) is 33.7. The van der Waals surface area contributed by atoms with Gasteiger partial charge in [0.25, 0.3) is 0 Å². The van der Waals surface area contributed by atoms with Gasteiger partial charge in [-0.2, -0.15) is 0 Å². The summed E-state index contributed by atoms with van der Waals surface area (Å²) < 4.78 is 33.2. The standard InChI is InChI=1S/C25H52NO7P/c1-6-7-8-9-10-11-12-13-14-15-16-17-18-24(27)21-31-22-25(30-5)23-33-34(28,29)32-20-19-26(2,3)4/h25H,6-23H2,1-5H3/p+1. The Labute approximate surface area is 208 Å². The molecule has 0 aromatic carbocycles. The van der Waals surface area contributed by atoms with Crippen molar-refractivity contribution < 1.29 is 37.3 Å². The van der Waals surface area contributed by atoms with Gasteiger partial charge in [-0.05, 0) is 6.42 Å². The third-order valence-corrected chi connectivity index (χ3v) is 6.63. The molecule has 2 unspecified atom stereocenters. The lowest BCUT2D eigenvalue weighted by molar-refractivity contribution is -0.870. The van der Waals surface area contributed by atoms with E-state index in [1.165, 1.54) is 71.3 Å². The molecular weight excluding hydrogens is 457 g/mol. The first-order valence-electron chi connectivity index (χ1n) is 13.1. The predicted molar refractivity (Wildman–Crippen MR) is 137 cm³/mol. The number of Topliss-reactive ketones (excluding diaryl/α,β-unsaturated/α-hetero) is 1. The molecule has 2 atom stereocenters. The van der Waals surface area contributed by atoms with Gasteiger partial charge >= 0.3 is 7.82 Å². The fourth-order valence-corrected chi connectivity index (χ4v) is 4.11. The van der Waals surface area contributed by atoms with E-state index in [9.17, 15) is 14.3 Å². The highest BCUT2D eigenvalue weighted by Crippen LogP contribution is 2.43. The van der Waals surface area contributed by atoms with Gasteiger partial charge in [-0.3, -0.25) is 13.8 Å². The Morgan fingerprint density at radius 1 is 0.853 bits per heavy atom. The van der Waals surface area contributed by atoms with Crippen molar-refractivity contribution in [3.8, 4) is 0 Å². The molecule has 34 heavy (non-hydrogen) atoms. The van der Waals surface area contributed by atoms with E-state index < -0.39 is 13.9 Å². The zero-order valence-corrected chi connectivity index (χ0v) is 23.5. The molecule has 0 aliphatic rings. The van der Waals surface area contributed by atoms with Crippen LogP contribution in [-0.2, 0) is 27.9 Å². The van der Waals surface area contributed by atoms with Crippen LogP contribution in [0.4, 0.5) is 0 Å². The fourth-order valence-electron chi connectivity index (χ4n) is 3.37. The van der Waals surface area contributed by atoms with Crippen molar-refractivity contribution in [2.75, 3.05) is 61.2 Å². The van der Waals surface area contributed by atoms with Gasteiger partial charge in [0.2, 0.25) is 0 Å². The second-order valence-electron chi connectivity index (χ2n) is 10.2. The second-order valence-corrected chi connectivity index (χ2v) is 11.6. The van der Waals surface area contributed by atoms with E-state index in [1.807, 2.05) is 21.1 Å². The first-order valence-corrected chi connectivity index (χ1v) is 14.6. The molecule has 0 aliphatic carbocycles. The number of phosphoric ester groups is 1. The minimum atomic E-state index is -4.15. The third kappa shape index (κ3) is 23.4. The lowest BCUT2D eigenvalue weighted by atomic mass is 10.0. The summed E-state index contributed by atoms with van der Waals surface area (Å²) in [5.74, 6) is 0.0688. The average Bonchev–Trinajstić information content (AvgIpc) is 2.75. The Morgan fingerprint density at radius 3 is 1.88 bits per heavy atom. The number of phosphoric acid groups is 1. The van der Waals surface area contributed by atoms with E-state index in [0.717, 1.165) is 12.8 Å². The Balaban J connectivity index is 3.70. The molecule has 8 nitrogen and oxygen atoms in total. The van der Waals surface area contributed by atoms with Crippen LogP contribution in [0.5, 0.6) is 0 Å². The van der Waals surface area contributed by atoms with E-state index in [2.05, 4.69) is 6.92 Å². The SMILES string of the molecule is CCCCCCCCCCCCCCC(=O)COCC(COP(=O)(O)OCC[N+](C)(C)C)OC. The molecule has 0 amide bonds. The normalized spacial score (nSPS) is 14.8. The highest BCUT2D eigenvalue weighted by molar-refractivity contribution is 7.47. The molecule has 0 spiro atoms. The van der Waals surface area contributed by atoms with Crippen molar-refractivity contribution in [1.82, 2.24) is 0 Å². The number of hydrogen-bond donors (Lipinski definition) is 1. The molecule has 0 aliphatic heterocycles. The zero-order valence-electron chi connectivity index (χ0n) is 22.6. The van der Waals surface area contributed by atoms with E-state index in [0.29, 0.717) is 17.4 Å². The molecule has 0 rings (SSSR count). The fraction of sp³-hybridized carbons (Fsp3) is 0.960. The number of ketones is 1. The summed E-state index contributed by atoms with van der Waals surface area (Å²) in [5, 5.41) is 0. The highest BCUT2D eigenvalue weighted by atomic mass is 31.2. The number of hydrogen-bond acceptors (Lipinski definition) is 6. The van der Waals surface area contributed by atoms with Gasteiger partial charge < -0.3 is 18.9 Å². The topological polar surface area (TPSA) is 91.3 Å². The van der Waals surface area contributed by atoms with Crippen LogP contribution in [-0.4, -0.2) is 82.5 Å². The number of quaternary nitrogens is 1. The molecule has 0 bridgehead atoms. The monoisotopic (exact) mass is 510 g/mol. The van der Waals surface area contributed by atoms with Crippen molar-refractivity contribution in [2.24, 2.45) is 0 Å². The van der Waals surface area contributed by atoms with E-state index >= 15 is 0 Å². The summed E-state index contributed by atoms with van der Waals surface area (Å²) in [6.45, 7) is 2.92. The molecule has 9 heteroatoms. The minimum absolute atomic E-state index is 0.0225. The molecule has 0 heterocycles. The van der Waals surface area contributed by atoms with Crippen LogP contribution in [0.1, 0.15) is 90.4 Å². The van der Waals surface area contributed by atoms with Gasteiger partial charge in [-0.1, -0.05) is 77.6 Å². The number of nitrogens with zero attached hydrogens (tertiary/aromatic N) is 1. The third-order valence-electron chi connectivity index (χ3n) is 5.65. The maximum atomic E-state index is 12.0. The van der Waals surface area contributed by atoms with Gasteiger partial charge in [0, 0.05) is 13.5 Å². The first-order chi connectivity index (χ1) is 16.1. The van der Waals surface area contributed by atoms with Crippen LogP contribution in [0.15, 0.2) is 0 Å². The van der Waals surface area contributed by atoms with Crippen molar-refractivity contribution in [3.63, 3.8) is 0 Å². The van der Waals surface area contributed by atoms with E-state index in [1.54, 1.807) is 0 Å². The molecular formula is C25H53NO7P+. The number of carbonyl (C=O) groups is 1. The van der Waals surface area contributed by atoms with Crippen LogP contribution in [0, 0.1) is 0 Å². The molecule has 204 valence electrons. The Hall–Kier alpha value is -0.340. The van der Waals surface area contributed by atoms with Crippen molar-refractivity contribution >= 4 is 13.6 Å². The summed E-state index contributed by atoms with van der Waals surface area (Å²) in [7, 11) is 3.21. The maximum Gasteiger partial charge on any atom is 0.472 e. The number of likely N-dealkylation sites (N-methyl/N-ethyl adjacent to an activating group) is 1. The molecule has 0 radical (unpaired) electrons. The number of rotatable bonds is 25. The predicted octanol–water partition coefficient (Wildman–Crippen LogP) is 5.52. The van der Waals surface area contributed by atoms with Crippen LogP contribution in [0.3, 0.4) is 0 Å². The van der Waals surface area contributed by atoms with Crippen molar-refractivity contribution in [1.29, 1.82) is 0 Å². The van der Waals surface area contributed by atoms with Gasteiger partial charge in [0.05, 0.1) is 34.4 Å². The summed E-state index contributed by atoms with van der Waals surface area (Å²) in [5.41, 5.74) is 0. The number of ether oxygens (including phenoxy) is 2. The van der Waals surface area contributed by atoms with Gasteiger partial charge in [0.1, 0.15) is 25.9 Å². The summed E-state index contributed by atoms with van der Waals surface area (Å²) in [6.07, 6.45) is 15.2. The van der Waals surface area contributed by atoms with Crippen molar-refractivity contribution in [3.05, 3.63) is 0 Å². The van der Waals surface area contributed by atoms with Crippen LogP contribution in [0.25, 0.3) is 0 Å². The van der Waals surface area contributed by atoms with Gasteiger partial charge in [-0.25, -0.2) is 4.57 Å². The lowest BCUT2D eigenvalue weighted by Crippen LogP contribution is -2.37. The molecule has 0 saturated heterocycles. The molecule has 0 fully saturated rings. The second kappa shape index (κ2) is 20.8. The van der Waals surface area contributed by atoms with Crippen molar-refractivity contribution in [2.45, 2.75) is 96.5 Å². The molecule has 0 aromatic heterocycles. The number of carbonyl (C=O) groups excluding carboxylic acids is 1. The summed E-state index contributed by atoms with van der Waals surface area (Å²) >= 11 is 0. The maximum absolute atomic E-state index is 12.0. The smallest absolute Gasteiger partial charge is 0.377 e. The largest absolute Gasteiger partial charge is 0.472 e. The van der Waals surface area contributed by atoms with Crippen LogP contribution >= 0.6 is 7.82 Å². The van der Waals surface area contributed by atoms with E-state index in [-0.39, 0.29) is 32.2 Å². The quantitative estimate of drug-likeness (QED) is 0.0982. The molecule has 0 saturated carbocycles. The van der Waals surface area contributed by atoms with Crippen LogP contribution in [0.2, 0.25) is 0 Å². The Morgan fingerprint density at radius 2 is 1.38 bits per heavy atom. The summed E-state index contributed by atoms with van der Waals surface area (Å²) in [4.78, 5) is 21.8. The van der Waals surface area contributed by atoms with Gasteiger partial charge in [0.15, 0.2) is 5.78 Å². The van der Waals surface area contributed by atoms with Gasteiger partial charge in [-0.15, -0.1) is 0 Å². The molecule has 1 N–H and O–H groups in total. The Bertz CT molecular complexity index is 540. The Kier molecular flexibility index (Phi) is 20.6. The summed E-state index contributed by atoms with van der Waals surface area (Å²) in [6, 6.07) is 0. The highest BCUT2D eigenvalue weighted by Gasteiger charge is 2.24.